The first-order valence-electron chi connectivity index (χ1n) is 11.2. The zero-order valence-electron chi connectivity index (χ0n) is 19.5. The molecule has 2 aromatic carbocycles. The van der Waals surface area contributed by atoms with E-state index in [1.54, 1.807) is 24.3 Å². The summed E-state index contributed by atoms with van der Waals surface area (Å²) in [6.07, 6.45) is 4.25. The Labute approximate surface area is 206 Å². The topological polar surface area (TPSA) is 114 Å². The summed E-state index contributed by atoms with van der Waals surface area (Å²) in [5, 5.41) is 8.40. The summed E-state index contributed by atoms with van der Waals surface area (Å²) in [4.78, 5) is 33.2. The molecule has 3 aromatic rings. The van der Waals surface area contributed by atoms with Crippen molar-refractivity contribution in [1.82, 2.24) is 20.6 Å². The van der Waals surface area contributed by atoms with Gasteiger partial charge in [-0.05, 0) is 30.3 Å². The molecule has 4 rings (SSSR count). The molecule has 1 saturated heterocycles. The van der Waals surface area contributed by atoms with Gasteiger partial charge in [0.2, 0.25) is 5.91 Å². The molecule has 1 aliphatic rings. The van der Waals surface area contributed by atoms with E-state index in [9.17, 15) is 18.4 Å². The van der Waals surface area contributed by atoms with Crippen molar-refractivity contribution < 1.29 is 27.8 Å². The van der Waals surface area contributed by atoms with Crippen molar-refractivity contribution in [2.24, 2.45) is 0 Å². The van der Waals surface area contributed by atoms with Crippen LogP contribution in [0.25, 0.3) is 0 Å². The standard InChI is InChI=1S/C25H25F2N5O4/c1-35-20-4-5-22(17(8-20)10-26)31-19-3-2-16(21(27)9-19)13-30-24(34)25(6-7-36-14-25)32-23(33)18-11-28-15-29-12-18/h2-5,8-9,11-12,15,31H,6-7,10,13-14H2,1H3,(H,30,34)(H,32,33)/t25-/m0/s1. The van der Waals surface area contributed by atoms with Crippen LogP contribution in [0, 0.1) is 5.82 Å². The predicted octanol–water partition coefficient (Wildman–Crippen LogP) is 3.04. The van der Waals surface area contributed by atoms with Gasteiger partial charge in [0.15, 0.2) is 0 Å². The van der Waals surface area contributed by atoms with E-state index in [-0.39, 0.29) is 30.7 Å². The molecular formula is C25H25F2N5O4. The molecule has 0 bridgehead atoms. The maximum Gasteiger partial charge on any atom is 0.255 e. The van der Waals surface area contributed by atoms with Crippen molar-refractivity contribution in [2.75, 3.05) is 25.6 Å². The van der Waals surface area contributed by atoms with Crippen LogP contribution >= 0.6 is 0 Å². The molecule has 1 aliphatic heterocycles. The minimum Gasteiger partial charge on any atom is -0.497 e. The summed E-state index contributed by atoms with van der Waals surface area (Å²) in [6, 6.07) is 9.30. The van der Waals surface area contributed by atoms with E-state index in [1.165, 1.54) is 38.0 Å². The van der Waals surface area contributed by atoms with Gasteiger partial charge in [0.25, 0.3) is 5.91 Å². The number of halogens is 2. The smallest absolute Gasteiger partial charge is 0.255 e. The second-order valence-electron chi connectivity index (χ2n) is 8.24. The van der Waals surface area contributed by atoms with Gasteiger partial charge in [0.1, 0.15) is 30.1 Å². The lowest BCUT2D eigenvalue weighted by Crippen LogP contribution is -2.59. The van der Waals surface area contributed by atoms with Crippen molar-refractivity contribution in [2.45, 2.75) is 25.2 Å². The van der Waals surface area contributed by atoms with Gasteiger partial charge in [-0.1, -0.05) is 6.07 Å². The lowest BCUT2D eigenvalue weighted by molar-refractivity contribution is -0.127. The fraction of sp³-hybridized carbons (Fsp3) is 0.280. The van der Waals surface area contributed by atoms with Gasteiger partial charge < -0.3 is 25.4 Å². The minimum atomic E-state index is -1.29. The number of alkyl halides is 1. The van der Waals surface area contributed by atoms with Crippen molar-refractivity contribution in [3.63, 3.8) is 0 Å². The molecule has 11 heteroatoms. The molecule has 0 saturated carbocycles. The number of carbonyl (C=O) groups is 2. The maximum atomic E-state index is 14.8. The molecule has 3 N–H and O–H groups in total. The first-order valence-corrected chi connectivity index (χ1v) is 11.2. The Morgan fingerprint density at radius 1 is 1.14 bits per heavy atom. The number of carbonyl (C=O) groups excluding carboxylic acids is 2. The van der Waals surface area contributed by atoms with Gasteiger partial charge in [0.05, 0.1) is 19.3 Å². The average molecular weight is 498 g/mol. The molecule has 2 heterocycles. The Bertz CT molecular complexity index is 1240. The van der Waals surface area contributed by atoms with Crippen LogP contribution in [0.3, 0.4) is 0 Å². The van der Waals surface area contributed by atoms with Crippen molar-refractivity contribution >= 4 is 23.2 Å². The number of hydrogen-bond acceptors (Lipinski definition) is 7. The van der Waals surface area contributed by atoms with Crippen LogP contribution in [-0.2, 0) is 22.8 Å². The zero-order chi connectivity index (χ0) is 25.5. The third-order valence-corrected chi connectivity index (χ3v) is 5.86. The molecule has 36 heavy (non-hydrogen) atoms. The molecule has 1 aromatic heterocycles. The van der Waals surface area contributed by atoms with Crippen molar-refractivity contribution in [1.29, 1.82) is 0 Å². The fourth-order valence-electron chi connectivity index (χ4n) is 3.80. The average Bonchev–Trinajstić information content (AvgIpc) is 3.38. The summed E-state index contributed by atoms with van der Waals surface area (Å²) in [7, 11) is 1.49. The van der Waals surface area contributed by atoms with E-state index in [4.69, 9.17) is 9.47 Å². The summed E-state index contributed by atoms with van der Waals surface area (Å²) in [5.41, 5.74) is 0.438. The summed E-state index contributed by atoms with van der Waals surface area (Å²) in [5.74, 6) is -1.04. The molecule has 0 aliphatic carbocycles. The van der Waals surface area contributed by atoms with Gasteiger partial charge in [-0.15, -0.1) is 0 Å². The number of anilines is 2. The Morgan fingerprint density at radius 2 is 1.94 bits per heavy atom. The number of aromatic nitrogens is 2. The van der Waals surface area contributed by atoms with Gasteiger partial charge in [-0.25, -0.2) is 18.7 Å². The number of benzene rings is 2. The van der Waals surface area contributed by atoms with E-state index in [2.05, 4.69) is 25.9 Å². The number of nitrogens with one attached hydrogen (secondary N) is 3. The molecular weight excluding hydrogens is 472 g/mol. The highest BCUT2D eigenvalue weighted by Gasteiger charge is 2.43. The number of rotatable bonds is 9. The summed E-state index contributed by atoms with van der Waals surface area (Å²) >= 11 is 0. The van der Waals surface area contributed by atoms with E-state index in [0.29, 0.717) is 29.3 Å². The lowest BCUT2D eigenvalue weighted by atomic mass is 9.96. The first kappa shape index (κ1) is 25.0. The number of ether oxygens (including phenoxy) is 2. The number of amides is 2. The largest absolute Gasteiger partial charge is 0.497 e. The maximum absolute atomic E-state index is 14.8. The van der Waals surface area contributed by atoms with E-state index in [1.807, 2.05) is 0 Å². The molecule has 1 fully saturated rings. The SMILES string of the molecule is COc1ccc(Nc2ccc(CNC(=O)[C@]3(NC(=O)c4cncnc4)CCOC3)c(F)c2)c(CF)c1. The monoisotopic (exact) mass is 497 g/mol. The minimum absolute atomic E-state index is 0.0115. The second-order valence-corrected chi connectivity index (χ2v) is 8.24. The van der Waals surface area contributed by atoms with Crippen molar-refractivity contribution in [3.8, 4) is 5.75 Å². The summed E-state index contributed by atoms with van der Waals surface area (Å²) in [6.45, 7) is -0.539. The fourth-order valence-corrected chi connectivity index (χ4v) is 3.80. The number of hydrogen-bond donors (Lipinski definition) is 3. The van der Waals surface area contributed by atoms with Gasteiger partial charge >= 0.3 is 0 Å². The molecule has 2 amide bonds. The number of nitrogens with zero attached hydrogens (tertiary/aromatic N) is 2. The predicted molar refractivity (Wildman–Crippen MR) is 127 cm³/mol. The molecule has 1 atom stereocenters. The second kappa shape index (κ2) is 11.1. The van der Waals surface area contributed by atoms with Crippen LogP contribution < -0.4 is 20.7 Å². The molecule has 0 radical (unpaired) electrons. The first-order chi connectivity index (χ1) is 17.4. The van der Waals surface area contributed by atoms with E-state index >= 15 is 0 Å². The normalized spacial score (nSPS) is 16.9. The quantitative estimate of drug-likeness (QED) is 0.416. The van der Waals surface area contributed by atoms with Crippen LogP contribution in [0.2, 0.25) is 0 Å². The molecule has 0 spiro atoms. The Balaban J connectivity index is 1.41. The highest BCUT2D eigenvalue weighted by atomic mass is 19.1. The van der Waals surface area contributed by atoms with Crippen LogP contribution in [0.4, 0.5) is 20.2 Å². The Morgan fingerprint density at radius 3 is 2.61 bits per heavy atom. The number of methoxy groups -OCH3 is 1. The van der Waals surface area contributed by atoms with Gasteiger partial charge in [-0.3, -0.25) is 9.59 Å². The molecule has 0 unspecified atom stereocenters. The highest BCUT2D eigenvalue weighted by molar-refractivity contribution is 5.99. The van der Waals surface area contributed by atoms with Gasteiger partial charge in [-0.2, -0.15) is 0 Å². The van der Waals surface area contributed by atoms with Crippen LogP contribution in [0.1, 0.15) is 27.9 Å². The summed E-state index contributed by atoms with van der Waals surface area (Å²) < 4.78 is 38.7. The van der Waals surface area contributed by atoms with Crippen LogP contribution in [0.15, 0.2) is 55.1 Å². The van der Waals surface area contributed by atoms with Crippen molar-refractivity contribution in [3.05, 3.63) is 77.6 Å². The van der Waals surface area contributed by atoms with Gasteiger partial charge in [0, 0.05) is 54.5 Å². The van der Waals surface area contributed by atoms with Crippen LogP contribution in [-0.4, -0.2) is 47.6 Å². The molecule has 188 valence electrons. The highest BCUT2D eigenvalue weighted by Crippen LogP contribution is 2.27. The third-order valence-electron chi connectivity index (χ3n) is 5.86. The van der Waals surface area contributed by atoms with E-state index < -0.39 is 29.8 Å². The Kier molecular flexibility index (Phi) is 7.69. The third kappa shape index (κ3) is 5.57. The van der Waals surface area contributed by atoms with Crippen LogP contribution in [0.5, 0.6) is 5.75 Å². The molecule has 9 nitrogen and oxygen atoms in total. The van der Waals surface area contributed by atoms with E-state index in [0.717, 1.165) is 0 Å². The lowest BCUT2D eigenvalue weighted by Gasteiger charge is -2.27. The zero-order valence-corrected chi connectivity index (χ0v) is 19.5. The Hall–Kier alpha value is -4.12.